The van der Waals surface area contributed by atoms with Gasteiger partial charge in [0.25, 0.3) is 0 Å². The van der Waals surface area contributed by atoms with Gasteiger partial charge in [-0.3, -0.25) is 0 Å². The number of rotatable bonds is 1. The minimum Gasteiger partial charge on any atom is -0.0616 e. The van der Waals surface area contributed by atoms with Gasteiger partial charge in [0.2, 0.25) is 0 Å². The van der Waals surface area contributed by atoms with Crippen LogP contribution >= 0.6 is 15.9 Å². The molecule has 4 rings (SSSR count). The van der Waals surface area contributed by atoms with Crippen molar-refractivity contribution in [1.29, 1.82) is 0 Å². The minimum absolute atomic E-state index is 1.10. The van der Waals surface area contributed by atoms with E-state index in [1.165, 1.54) is 42.7 Å². The molecule has 3 aromatic carbocycles. The van der Waals surface area contributed by atoms with Gasteiger partial charge < -0.3 is 0 Å². The Morgan fingerprint density at radius 2 is 1.50 bits per heavy atom. The maximum absolute atomic E-state index is 3.68. The highest BCUT2D eigenvalue weighted by atomic mass is 79.9. The molecule has 22 heavy (non-hydrogen) atoms. The maximum atomic E-state index is 3.68. The van der Waals surface area contributed by atoms with Gasteiger partial charge in [0.05, 0.1) is 0 Å². The van der Waals surface area contributed by atoms with Gasteiger partial charge in [0.1, 0.15) is 0 Å². The summed E-state index contributed by atoms with van der Waals surface area (Å²) in [6.45, 7) is 2.19. The second-order valence-corrected chi connectivity index (χ2v) is 6.91. The number of benzene rings is 3. The first-order valence-electron chi connectivity index (χ1n) is 7.71. The van der Waals surface area contributed by atoms with Crippen LogP contribution < -0.4 is 0 Å². The highest BCUT2D eigenvalue weighted by Gasteiger charge is 2.14. The molecule has 0 nitrogen and oxygen atoms in total. The first-order valence-corrected chi connectivity index (χ1v) is 8.50. The van der Waals surface area contributed by atoms with Crippen LogP contribution in [0.1, 0.15) is 25.3 Å². The van der Waals surface area contributed by atoms with E-state index < -0.39 is 0 Å². The fourth-order valence-corrected chi connectivity index (χ4v) is 3.70. The first kappa shape index (κ1) is 13.8. The zero-order valence-electron chi connectivity index (χ0n) is 12.6. The van der Waals surface area contributed by atoms with Crippen molar-refractivity contribution in [2.24, 2.45) is 0 Å². The minimum atomic E-state index is 1.10. The number of hydrogen-bond donors (Lipinski definition) is 0. The van der Waals surface area contributed by atoms with E-state index in [0.717, 1.165) is 12.8 Å². The number of hydrogen-bond acceptors (Lipinski definition) is 0. The lowest BCUT2D eigenvalue weighted by molar-refractivity contribution is 1.02. The molecule has 0 N–H and O–H groups in total. The van der Waals surface area contributed by atoms with Gasteiger partial charge >= 0.3 is 0 Å². The molecule has 108 valence electrons. The third-order valence-corrected chi connectivity index (χ3v) is 5.57. The molecular weight excluding hydrogens is 332 g/mol. The van der Waals surface area contributed by atoms with Crippen molar-refractivity contribution in [3.63, 3.8) is 0 Å². The molecule has 0 bridgehead atoms. The van der Waals surface area contributed by atoms with Crippen LogP contribution in [0.3, 0.4) is 0 Å². The number of halogens is 1. The summed E-state index contributed by atoms with van der Waals surface area (Å²) in [6, 6.07) is 19.8. The molecule has 0 heterocycles. The molecule has 3 aromatic rings. The molecule has 0 aromatic heterocycles. The van der Waals surface area contributed by atoms with Gasteiger partial charge in [0.15, 0.2) is 0 Å². The molecule has 0 saturated heterocycles. The molecule has 0 amide bonds. The fourth-order valence-electron chi connectivity index (χ4n) is 3.39. The summed E-state index contributed by atoms with van der Waals surface area (Å²) in [5.74, 6) is 0. The monoisotopic (exact) mass is 348 g/mol. The van der Waals surface area contributed by atoms with Crippen molar-refractivity contribution >= 4 is 43.0 Å². The van der Waals surface area contributed by atoms with Gasteiger partial charge in [-0.15, -0.1) is 0 Å². The van der Waals surface area contributed by atoms with Crippen molar-refractivity contribution in [2.75, 3.05) is 0 Å². The van der Waals surface area contributed by atoms with Crippen LogP contribution in [0, 0.1) is 0 Å². The van der Waals surface area contributed by atoms with E-state index in [1.807, 2.05) is 0 Å². The number of fused-ring (bicyclic) bond motifs is 3. The Kier molecular flexibility index (Phi) is 3.38. The molecule has 1 aliphatic rings. The first-order chi connectivity index (χ1) is 10.7. The summed E-state index contributed by atoms with van der Waals surface area (Å²) >= 11 is 3.68. The Bertz CT molecular complexity index is 944. The van der Waals surface area contributed by atoms with Gasteiger partial charge in [0, 0.05) is 0 Å². The Labute approximate surface area is 139 Å². The topological polar surface area (TPSA) is 0 Å². The summed E-state index contributed by atoms with van der Waals surface area (Å²) in [7, 11) is 0. The Morgan fingerprint density at radius 1 is 0.818 bits per heavy atom. The molecule has 0 unspecified atom stereocenters. The average molecular weight is 349 g/mol. The zero-order chi connectivity index (χ0) is 15.1. The highest BCUT2D eigenvalue weighted by Crippen LogP contribution is 2.38. The van der Waals surface area contributed by atoms with E-state index in [-0.39, 0.29) is 0 Å². The van der Waals surface area contributed by atoms with E-state index in [1.54, 1.807) is 0 Å². The molecule has 1 heteroatoms. The van der Waals surface area contributed by atoms with Crippen LogP contribution in [0.5, 0.6) is 0 Å². The van der Waals surface area contributed by atoms with E-state index in [4.69, 9.17) is 0 Å². The largest absolute Gasteiger partial charge is 0.0616 e. The van der Waals surface area contributed by atoms with Crippen LogP contribution in [0.15, 0.2) is 70.7 Å². The summed E-state index contributed by atoms with van der Waals surface area (Å²) in [6.07, 6.45) is 4.53. The lowest BCUT2D eigenvalue weighted by Crippen LogP contribution is -1.95. The van der Waals surface area contributed by atoms with E-state index in [2.05, 4.69) is 83.5 Å². The highest BCUT2D eigenvalue weighted by molar-refractivity contribution is 9.11. The van der Waals surface area contributed by atoms with E-state index >= 15 is 0 Å². The molecule has 0 atom stereocenters. The Balaban J connectivity index is 2.07. The van der Waals surface area contributed by atoms with Gasteiger partial charge in [-0.2, -0.15) is 0 Å². The van der Waals surface area contributed by atoms with Crippen LogP contribution in [0.2, 0.25) is 0 Å². The summed E-state index contributed by atoms with van der Waals surface area (Å²) in [5, 5.41) is 5.37. The smallest absolute Gasteiger partial charge is 0.00168 e. The van der Waals surface area contributed by atoms with Crippen LogP contribution in [0.25, 0.3) is 27.1 Å². The second-order valence-electron chi connectivity index (χ2n) is 5.95. The summed E-state index contributed by atoms with van der Waals surface area (Å²) < 4.78 is 1.33. The van der Waals surface area contributed by atoms with Crippen LogP contribution in [-0.2, 0) is 0 Å². The third-order valence-electron chi connectivity index (χ3n) is 4.55. The standard InChI is InChI=1S/C21H17Br/c1-14-12-16(10-11-21(14)22)20-13-15-6-2-3-7-17(15)18-8-4-5-9-19(18)20/h2-9,12-13H,10-11H2,1H3. The molecule has 0 radical (unpaired) electrons. The molecule has 0 spiro atoms. The zero-order valence-corrected chi connectivity index (χ0v) is 14.2. The number of allylic oxidation sites excluding steroid dienone is 4. The quantitative estimate of drug-likeness (QED) is 0.422. The third kappa shape index (κ3) is 2.21. The molecule has 1 aliphatic carbocycles. The lowest BCUT2D eigenvalue weighted by atomic mass is 9.88. The fraction of sp³-hybridized carbons (Fsp3) is 0.143. The van der Waals surface area contributed by atoms with Gasteiger partial charge in [-0.1, -0.05) is 70.5 Å². The molecule has 0 aliphatic heterocycles. The summed E-state index contributed by atoms with van der Waals surface area (Å²) in [4.78, 5) is 0. The van der Waals surface area contributed by atoms with Crippen molar-refractivity contribution in [2.45, 2.75) is 19.8 Å². The van der Waals surface area contributed by atoms with Crippen LogP contribution in [-0.4, -0.2) is 0 Å². The van der Waals surface area contributed by atoms with E-state index in [9.17, 15) is 0 Å². The predicted octanol–water partition coefficient (Wildman–Crippen LogP) is 6.84. The molecular formula is C21H17Br. The normalized spacial score (nSPS) is 15.5. The Hall–Kier alpha value is -1.86. The van der Waals surface area contributed by atoms with E-state index in [0.29, 0.717) is 0 Å². The predicted molar refractivity (Wildman–Crippen MR) is 100 cm³/mol. The summed E-state index contributed by atoms with van der Waals surface area (Å²) in [5.41, 5.74) is 4.18. The second kappa shape index (κ2) is 5.40. The Morgan fingerprint density at radius 3 is 2.27 bits per heavy atom. The lowest BCUT2D eigenvalue weighted by Gasteiger charge is -2.18. The average Bonchev–Trinajstić information content (AvgIpc) is 2.57. The van der Waals surface area contributed by atoms with Crippen molar-refractivity contribution < 1.29 is 0 Å². The molecule has 0 fully saturated rings. The van der Waals surface area contributed by atoms with Crippen molar-refractivity contribution in [3.8, 4) is 0 Å². The van der Waals surface area contributed by atoms with Gasteiger partial charge in [-0.25, -0.2) is 0 Å². The van der Waals surface area contributed by atoms with Gasteiger partial charge in [-0.05, 0) is 68.6 Å². The van der Waals surface area contributed by atoms with Crippen LogP contribution in [0.4, 0.5) is 0 Å². The van der Waals surface area contributed by atoms with Crippen molar-refractivity contribution in [1.82, 2.24) is 0 Å². The molecule has 0 saturated carbocycles. The SMILES string of the molecule is CC1=C(Br)CCC(c2cc3ccccc3c3ccccc23)=C1. The van der Waals surface area contributed by atoms with Crippen molar-refractivity contribution in [3.05, 3.63) is 76.3 Å². The maximum Gasteiger partial charge on any atom is -0.00168 e.